The highest BCUT2D eigenvalue weighted by Crippen LogP contribution is 2.39. The first-order chi connectivity index (χ1) is 14.1. The van der Waals surface area contributed by atoms with E-state index in [1.165, 1.54) is 0 Å². The van der Waals surface area contributed by atoms with Gasteiger partial charge in [-0.05, 0) is 36.4 Å². The number of aliphatic imine (C=N–C) groups is 1. The molecule has 3 aromatic rings. The Morgan fingerprint density at radius 1 is 0.897 bits per heavy atom. The molecule has 0 bridgehead atoms. The van der Waals surface area contributed by atoms with Crippen LogP contribution in [-0.2, 0) is 5.79 Å². The number of rotatable bonds is 5. The number of para-hydroxylation sites is 1. The Kier molecular flexibility index (Phi) is 5.04. The molecule has 0 saturated carbocycles. The van der Waals surface area contributed by atoms with Crippen LogP contribution in [0.4, 0.5) is 5.69 Å². The number of anilines is 1. The fourth-order valence-corrected chi connectivity index (χ4v) is 3.67. The van der Waals surface area contributed by atoms with E-state index in [1.54, 1.807) is 6.34 Å². The minimum atomic E-state index is -1.22. The summed E-state index contributed by atoms with van der Waals surface area (Å²) >= 11 is 0. The van der Waals surface area contributed by atoms with E-state index in [0.717, 1.165) is 21.6 Å². The van der Waals surface area contributed by atoms with Crippen LogP contribution < -0.4 is 4.90 Å². The molecule has 1 atom stereocenters. The van der Waals surface area contributed by atoms with Gasteiger partial charge in [-0.15, -0.1) is 0 Å². The quantitative estimate of drug-likeness (QED) is 0.290. The zero-order valence-corrected chi connectivity index (χ0v) is 16.6. The fraction of sp³-hybridized carbons (Fsp3) is 0.167. The van der Waals surface area contributed by atoms with Crippen LogP contribution in [0.1, 0.15) is 11.1 Å². The predicted octanol–water partition coefficient (Wildman–Crippen LogP) is 3.91. The molecule has 0 spiro atoms. The molecule has 0 N–H and O–H groups in total. The lowest BCUT2D eigenvalue weighted by atomic mass is 10.1. The molecule has 0 amide bonds. The van der Waals surface area contributed by atoms with Gasteiger partial charge in [0.25, 0.3) is 0 Å². The normalized spacial score (nSPS) is 19.2. The lowest BCUT2D eigenvalue weighted by molar-refractivity contribution is -0.547. The van der Waals surface area contributed by atoms with Crippen LogP contribution in [0.25, 0.3) is 0 Å². The molecule has 29 heavy (non-hydrogen) atoms. The molecular weight excluding hydrogens is 360 g/mol. The van der Waals surface area contributed by atoms with Crippen LogP contribution in [0.5, 0.6) is 0 Å². The highest BCUT2D eigenvalue weighted by molar-refractivity contribution is 6.01. The first kappa shape index (κ1) is 18.7. The van der Waals surface area contributed by atoms with Crippen molar-refractivity contribution < 1.29 is 4.74 Å². The molecular formula is C24H24N4O. The zero-order valence-electron chi connectivity index (χ0n) is 16.6. The molecule has 5 heteroatoms. The van der Waals surface area contributed by atoms with Gasteiger partial charge in [-0.25, -0.2) is 0 Å². The van der Waals surface area contributed by atoms with E-state index in [0.29, 0.717) is 12.3 Å². The summed E-state index contributed by atoms with van der Waals surface area (Å²) in [5.41, 5.74) is 3.36. The molecule has 4 rings (SSSR count). The predicted molar refractivity (Wildman–Crippen MR) is 118 cm³/mol. The molecule has 1 heterocycles. The molecule has 0 radical (unpaired) electrons. The van der Waals surface area contributed by atoms with Crippen molar-refractivity contribution in [2.45, 2.75) is 5.79 Å². The molecule has 0 aliphatic carbocycles. The highest BCUT2D eigenvalue weighted by Gasteiger charge is 2.54. The van der Waals surface area contributed by atoms with Crippen molar-refractivity contribution in [3.63, 3.8) is 0 Å². The van der Waals surface area contributed by atoms with E-state index in [2.05, 4.69) is 4.90 Å². The van der Waals surface area contributed by atoms with E-state index in [1.807, 2.05) is 110 Å². The first-order valence-electron chi connectivity index (χ1n) is 9.61. The summed E-state index contributed by atoms with van der Waals surface area (Å²) in [5.74, 6) is -1.22. The number of hydrogen-bond donors (Lipinski definition) is 0. The van der Waals surface area contributed by atoms with E-state index in [9.17, 15) is 5.21 Å². The maximum Gasteiger partial charge on any atom is 0.378 e. The van der Waals surface area contributed by atoms with Gasteiger partial charge in [0, 0.05) is 25.3 Å². The SMILES string of the molecule is CN(C)C=NC1(c2ccccc2)N(c2ccccc2)CC(c2ccccc2)=[N+]1[O-]. The van der Waals surface area contributed by atoms with Crippen molar-refractivity contribution in [1.82, 2.24) is 4.90 Å². The van der Waals surface area contributed by atoms with Crippen molar-refractivity contribution in [2.75, 3.05) is 25.5 Å². The largest absolute Gasteiger partial charge is 0.620 e. The summed E-state index contributed by atoms with van der Waals surface area (Å²) in [4.78, 5) is 8.78. The monoisotopic (exact) mass is 384 g/mol. The topological polar surface area (TPSA) is 44.9 Å². The van der Waals surface area contributed by atoms with Crippen LogP contribution in [-0.4, -0.2) is 42.3 Å². The Morgan fingerprint density at radius 3 is 2.03 bits per heavy atom. The van der Waals surface area contributed by atoms with Gasteiger partial charge in [-0.3, -0.25) is 4.90 Å². The number of hydroxylamine groups is 1. The Labute approximate surface area is 171 Å². The second kappa shape index (κ2) is 7.80. The van der Waals surface area contributed by atoms with Crippen molar-refractivity contribution in [3.8, 4) is 0 Å². The summed E-state index contributed by atoms with van der Waals surface area (Å²) in [6.45, 7) is 0.456. The van der Waals surface area contributed by atoms with Gasteiger partial charge in [0.1, 0.15) is 6.54 Å². The molecule has 0 saturated heterocycles. The van der Waals surface area contributed by atoms with E-state index >= 15 is 0 Å². The van der Waals surface area contributed by atoms with Crippen LogP contribution in [0.15, 0.2) is 96.0 Å². The van der Waals surface area contributed by atoms with Crippen LogP contribution in [0.2, 0.25) is 0 Å². The minimum absolute atomic E-state index is 0.456. The van der Waals surface area contributed by atoms with Crippen molar-refractivity contribution in [3.05, 3.63) is 107 Å². The van der Waals surface area contributed by atoms with Gasteiger partial charge < -0.3 is 10.1 Å². The van der Waals surface area contributed by atoms with Crippen LogP contribution in [0.3, 0.4) is 0 Å². The summed E-state index contributed by atoms with van der Waals surface area (Å²) in [5, 5.41) is 13.9. The van der Waals surface area contributed by atoms with Crippen molar-refractivity contribution >= 4 is 17.7 Å². The van der Waals surface area contributed by atoms with Crippen LogP contribution >= 0.6 is 0 Å². The molecule has 1 unspecified atom stereocenters. The highest BCUT2D eigenvalue weighted by atomic mass is 16.5. The Balaban J connectivity index is 1.99. The second-order valence-electron chi connectivity index (χ2n) is 7.24. The molecule has 3 aromatic carbocycles. The molecule has 146 valence electrons. The van der Waals surface area contributed by atoms with Gasteiger partial charge in [0.15, 0.2) is 0 Å². The molecule has 5 nitrogen and oxygen atoms in total. The van der Waals surface area contributed by atoms with Gasteiger partial charge in [0.05, 0.1) is 11.9 Å². The smallest absolute Gasteiger partial charge is 0.378 e. The average Bonchev–Trinajstić information content (AvgIpc) is 3.07. The summed E-state index contributed by atoms with van der Waals surface area (Å²) in [6.07, 6.45) is 1.71. The Morgan fingerprint density at radius 2 is 1.45 bits per heavy atom. The van der Waals surface area contributed by atoms with Gasteiger partial charge in [-0.2, -0.15) is 9.73 Å². The summed E-state index contributed by atoms with van der Waals surface area (Å²) < 4.78 is 1.06. The summed E-state index contributed by atoms with van der Waals surface area (Å²) in [7, 11) is 3.81. The molecule has 1 aliphatic rings. The zero-order chi connectivity index (χ0) is 20.3. The molecule has 0 fully saturated rings. The van der Waals surface area contributed by atoms with E-state index < -0.39 is 5.79 Å². The van der Waals surface area contributed by atoms with Crippen molar-refractivity contribution in [2.24, 2.45) is 4.99 Å². The molecule has 0 aromatic heterocycles. The van der Waals surface area contributed by atoms with Gasteiger partial charge in [0.2, 0.25) is 5.71 Å². The fourth-order valence-electron chi connectivity index (χ4n) is 3.67. The Bertz CT molecular complexity index is 1020. The third-order valence-corrected chi connectivity index (χ3v) is 5.02. The lowest BCUT2D eigenvalue weighted by Gasteiger charge is -2.33. The number of benzene rings is 3. The average molecular weight is 384 g/mol. The molecule has 1 aliphatic heterocycles. The second-order valence-corrected chi connectivity index (χ2v) is 7.24. The minimum Gasteiger partial charge on any atom is -0.620 e. The van der Waals surface area contributed by atoms with E-state index in [-0.39, 0.29) is 0 Å². The number of nitrogens with zero attached hydrogens (tertiary/aromatic N) is 4. The van der Waals surface area contributed by atoms with E-state index in [4.69, 9.17) is 4.99 Å². The maximum absolute atomic E-state index is 13.9. The lowest BCUT2D eigenvalue weighted by Crippen LogP contribution is -2.47. The van der Waals surface area contributed by atoms with Crippen LogP contribution in [0, 0.1) is 5.21 Å². The standard InChI is InChI=1S/C24H24N4O/c1-26(2)19-25-24(21-14-8-4-9-15-21)27(22-16-10-5-11-17-22)18-23(28(24)29)20-12-6-3-7-13-20/h3-17,19H,18H2,1-2H3. The van der Waals surface area contributed by atoms with Gasteiger partial charge in [-0.1, -0.05) is 54.6 Å². The third kappa shape index (κ3) is 3.36. The van der Waals surface area contributed by atoms with Crippen molar-refractivity contribution in [1.29, 1.82) is 0 Å². The summed E-state index contributed by atoms with van der Waals surface area (Å²) in [6, 6.07) is 29.5. The van der Waals surface area contributed by atoms with Gasteiger partial charge >= 0.3 is 5.79 Å². The third-order valence-electron chi connectivity index (χ3n) is 5.02. The number of hydrogen-bond acceptors (Lipinski definition) is 3. The maximum atomic E-state index is 13.9. The first-order valence-corrected chi connectivity index (χ1v) is 9.61. The Hall–Kier alpha value is -3.60.